The molecule has 6 nitrogen and oxygen atoms in total. The van der Waals surface area contributed by atoms with E-state index in [1.165, 1.54) is 36.2 Å². The number of nitrogen functional groups attached to an aromatic ring is 1. The number of aryl methyl sites for hydroxylation is 1. The lowest BCUT2D eigenvalue weighted by Gasteiger charge is -2.33. The van der Waals surface area contributed by atoms with Crippen molar-refractivity contribution >= 4 is 28.2 Å². The molecule has 1 aliphatic heterocycles. The van der Waals surface area contributed by atoms with Gasteiger partial charge in [0.05, 0.1) is 5.69 Å². The van der Waals surface area contributed by atoms with Crippen molar-refractivity contribution in [3.05, 3.63) is 40.9 Å². The smallest absolute Gasteiger partial charge is 0.319 e. The Hall–Kier alpha value is -2.12. The van der Waals surface area contributed by atoms with Gasteiger partial charge in [-0.2, -0.15) is 0 Å². The molecule has 3 rings (SSSR count). The summed E-state index contributed by atoms with van der Waals surface area (Å²) in [5.74, 6) is 0. The Kier molecular flexibility index (Phi) is 7.06. The second-order valence-electron chi connectivity index (χ2n) is 7.18. The van der Waals surface area contributed by atoms with Crippen molar-refractivity contribution in [2.45, 2.75) is 51.6 Å². The third kappa shape index (κ3) is 6.22. The minimum Gasteiger partial charge on any atom is -0.375 e. The van der Waals surface area contributed by atoms with E-state index in [9.17, 15) is 4.79 Å². The molecule has 2 aromatic rings. The van der Waals surface area contributed by atoms with E-state index in [0.29, 0.717) is 17.7 Å². The summed E-state index contributed by atoms with van der Waals surface area (Å²) in [6, 6.07) is 8.60. The molecule has 0 aliphatic carbocycles. The van der Waals surface area contributed by atoms with Crippen LogP contribution in [0.5, 0.6) is 0 Å². The average molecular weight is 388 g/mol. The maximum atomic E-state index is 12.1. The zero-order valence-corrected chi connectivity index (χ0v) is 16.7. The zero-order valence-electron chi connectivity index (χ0n) is 15.9. The van der Waals surface area contributed by atoms with Crippen LogP contribution in [0.2, 0.25) is 0 Å². The molecular formula is C20H29N5OS. The number of thiazole rings is 1. The van der Waals surface area contributed by atoms with Gasteiger partial charge < -0.3 is 16.4 Å². The minimum absolute atomic E-state index is 0.170. The Morgan fingerprint density at radius 3 is 3.07 bits per heavy atom. The highest BCUT2D eigenvalue weighted by molar-refractivity contribution is 7.13. The molecular weight excluding hydrogens is 358 g/mol. The topological polar surface area (TPSA) is 83.3 Å². The van der Waals surface area contributed by atoms with Gasteiger partial charge >= 0.3 is 6.03 Å². The van der Waals surface area contributed by atoms with Crippen molar-refractivity contribution in [1.82, 2.24) is 15.2 Å². The van der Waals surface area contributed by atoms with Crippen molar-refractivity contribution in [2.24, 2.45) is 0 Å². The van der Waals surface area contributed by atoms with E-state index in [0.717, 1.165) is 37.3 Å². The molecule has 1 atom stereocenters. The highest BCUT2D eigenvalue weighted by Gasteiger charge is 2.18. The first-order valence-electron chi connectivity index (χ1n) is 9.68. The lowest BCUT2D eigenvalue weighted by atomic mass is 10.0. The van der Waals surface area contributed by atoms with Gasteiger partial charge in [0.2, 0.25) is 0 Å². The number of carbonyl (C=O) groups is 1. The van der Waals surface area contributed by atoms with Crippen molar-refractivity contribution in [3.63, 3.8) is 0 Å². The SMILES string of the molecule is CC1CCCCN1Cc1cccc(NC(=O)NCCCc2csc(N)n2)c1. The second kappa shape index (κ2) is 9.71. The molecule has 0 bridgehead atoms. The van der Waals surface area contributed by atoms with Gasteiger partial charge in [-0.05, 0) is 56.8 Å². The third-order valence-electron chi connectivity index (χ3n) is 4.98. The molecule has 1 fully saturated rings. The molecule has 0 radical (unpaired) electrons. The second-order valence-corrected chi connectivity index (χ2v) is 8.07. The van der Waals surface area contributed by atoms with Crippen LogP contribution in [0, 0.1) is 0 Å². The van der Waals surface area contributed by atoms with Gasteiger partial charge in [-0.1, -0.05) is 18.6 Å². The van der Waals surface area contributed by atoms with Gasteiger partial charge in [0.15, 0.2) is 5.13 Å². The number of anilines is 2. The fraction of sp³-hybridized carbons (Fsp3) is 0.500. The molecule has 1 aromatic carbocycles. The highest BCUT2D eigenvalue weighted by atomic mass is 32.1. The summed E-state index contributed by atoms with van der Waals surface area (Å²) in [6.45, 7) is 5.00. The molecule has 2 heterocycles. The highest BCUT2D eigenvalue weighted by Crippen LogP contribution is 2.20. The molecule has 7 heteroatoms. The normalized spacial score (nSPS) is 17.6. The Bertz CT molecular complexity index is 747. The lowest BCUT2D eigenvalue weighted by Crippen LogP contribution is -2.36. The largest absolute Gasteiger partial charge is 0.375 e. The number of piperidine rings is 1. The number of nitrogens with one attached hydrogen (secondary N) is 2. The van der Waals surface area contributed by atoms with Gasteiger partial charge in [-0.25, -0.2) is 9.78 Å². The summed E-state index contributed by atoms with van der Waals surface area (Å²) in [7, 11) is 0. The Balaban J connectivity index is 1.42. The van der Waals surface area contributed by atoms with E-state index in [-0.39, 0.29) is 6.03 Å². The number of urea groups is 1. The predicted molar refractivity (Wildman–Crippen MR) is 112 cm³/mol. The van der Waals surface area contributed by atoms with Gasteiger partial charge in [0.1, 0.15) is 0 Å². The number of likely N-dealkylation sites (tertiary alicyclic amines) is 1. The van der Waals surface area contributed by atoms with Gasteiger partial charge in [0.25, 0.3) is 0 Å². The van der Waals surface area contributed by atoms with Gasteiger partial charge in [0, 0.05) is 30.2 Å². The summed E-state index contributed by atoms with van der Waals surface area (Å²) >= 11 is 1.45. The van der Waals surface area contributed by atoms with Crippen molar-refractivity contribution in [3.8, 4) is 0 Å². The summed E-state index contributed by atoms with van der Waals surface area (Å²) in [6.07, 6.45) is 5.53. The van der Waals surface area contributed by atoms with Crippen LogP contribution in [0.25, 0.3) is 0 Å². The molecule has 1 aromatic heterocycles. The quantitative estimate of drug-likeness (QED) is 0.630. The third-order valence-corrected chi connectivity index (χ3v) is 5.70. The van der Waals surface area contributed by atoms with Crippen LogP contribution in [0.3, 0.4) is 0 Å². The van der Waals surface area contributed by atoms with Crippen LogP contribution in [0.1, 0.15) is 43.9 Å². The van der Waals surface area contributed by atoms with E-state index < -0.39 is 0 Å². The summed E-state index contributed by atoms with van der Waals surface area (Å²) in [5.41, 5.74) is 8.68. The first-order valence-corrected chi connectivity index (χ1v) is 10.6. The zero-order chi connectivity index (χ0) is 19.1. The number of benzene rings is 1. The van der Waals surface area contributed by atoms with Gasteiger partial charge in [-0.3, -0.25) is 4.90 Å². The number of hydrogen-bond acceptors (Lipinski definition) is 5. The Labute approximate surface area is 165 Å². The minimum atomic E-state index is -0.170. The average Bonchev–Trinajstić information content (AvgIpc) is 3.06. The van der Waals surface area contributed by atoms with Crippen molar-refractivity contribution in [2.75, 3.05) is 24.1 Å². The Morgan fingerprint density at radius 1 is 1.41 bits per heavy atom. The summed E-state index contributed by atoms with van der Waals surface area (Å²) < 4.78 is 0. The molecule has 0 spiro atoms. The van der Waals surface area contributed by atoms with E-state index >= 15 is 0 Å². The van der Waals surface area contributed by atoms with Crippen molar-refractivity contribution in [1.29, 1.82) is 0 Å². The van der Waals surface area contributed by atoms with E-state index in [4.69, 9.17) is 5.73 Å². The predicted octanol–water partition coefficient (Wildman–Crippen LogP) is 3.85. The van der Waals surface area contributed by atoms with Crippen LogP contribution in [0.15, 0.2) is 29.6 Å². The fourth-order valence-electron chi connectivity index (χ4n) is 3.46. The van der Waals surface area contributed by atoms with Crippen LogP contribution >= 0.6 is 11.3 Å². The molecule has 146 valence electrons. The van der Waals surface area contributed by atoms with Crippen molar-refractivity contribution < 1.29 is 4.79 Å². The van der Waals surface area contributed by atoms with E-state index in [2.05, 4.69) is 39.6 Å². The first-order chi connectivity index (χ1) is 13.1. The van der Waals surface area contributed by atoms with Gasteiger partial charge in [-0.15, -0.1) is 11.3 Å². The van der Waals surface area contributed by atoms with E-state index in [1.54, 1.807) is 0 Å². The number of nitrogens with two attached hydrogens (primary N) is 1. The summed E-state index contributed by atoms with van der Waals surface area (Å²) in [4.78, 5) is 18.9. The monoisotopic (exact) mass is 387 g/mol. The number of aromatic nitrogens is 1. The molecule has 2 amide bonds. The van der Waals surface area contributed by atoms with Crippen LogP contribution in [-0.4, -0.2) is 35.0 Å². The summed E-state index contributed by atoms with van der Waals surface area (Å²) in [5, 5.41) is 8.39. The first kappa shape index (κ1) is 19.6. The maximum Gasteiger partial charge on any atom is 0.319 e. The Morgan fingerprint density at radius 2 is 2.30 bits per heavy atom. The van der Waals surface area contributed by atoms with Crippen LogP contribution < -0.4 is 16.4 Å². The molecule has 0 saturated carbocycles. The van der Waals surface area contributed by atoms with E-state index in [1.807, 2.05) is 17.5 Å². The van der Waals surface area contributed by atoms with Crippen LogP contribution in [0.4, 0.5) is 15.6 Å². The molecule has 1 aliphatic rings. The fourth-order valence-corrected chi connectivity index (χ4v) is 4.06. The number of amides is 2. The number of hydrogen-bond donors (Lipinski definition) is 3. The number of nitrogens with zero attached hydrogens (tertiary/aromatic N) is 2. The standard InChI is InChI=1S/C20H29N5OS/c1-15-6-2-3-11-25(15)13-16-7-4-8-17(12-16)24-20(26)22-10-5-9-18-14-27-19(21)23-18/h4,7-8,12,14-15H,2-3,5-6,9-11,13H2,1H3,(H2,21,23)(H2,22,24,26). The maximum absolute atomic E-state index is 12.1. The number of rotatable bonds is 7. The lowest BCUT2D eigenvalue weighted by molar-refractivity contribution is 0.152. The molecule has 27 heavy (non-hydrogen) atoms. The molecule has 1 saturated heterocycles. The molecule has 4 N–H and O–H groups in total. The molecule has 1 unspecified atom stereocenters. The number of carbonyl (C=O) groups excluding carboxylic acids is 1. The van der Waals surface area contributed by atoms with Crippen LogP contribution in [-0.2, 0) is 13.0 Å².